The zero-order chi connectivity index (χ0) is 18.8. The molecule has 2 atom stereocenters. The number of hydrogen-bond acceptors (Lipinski definition) is 4. The molecular weight excluding hydrogens is 344 g/mol. The monoisotopic (exact) mass is 370 g/mol. The first-order chi connectivity index (χ1) is 13.2. The highest BCUT2D eigenvalue weighted by Crippen LogP contribution is 2.31. The molecular formula is C20H26N4O3. The SMILES string of the molecule is CCN(C[C@H]1COc2ccccc2O1)C(=O)N[C@H]1CCCc2c1cnn2C. The second-order valence-corrected chi connectivity index (χ2v) is 7.10. The summed E-state index contributed by atoms with van der Waals surface area (Å²) in [5.41, 5.74) is 2.36. The van der Waals surface area contributed by atoms with E-state index in [1.54, 1.807) is 4.90 Å². The molecule has 0 fully saturated rings. The molecule has 1 aliphatic carbocycles. The van der Waals surface area contributed by atoms with E-state index in [1.807, 2.05) is 49.1 Å². The Morgan fingerprint density at radius 1 is 1.37 bits per heavy atom. The van der Waals surface area contributed by atoms with Crippen molar-refractivity contribution < 1.29 is 14.3 Å². The number of para-hydroxylation sites is 2. The minimum Gasteiger partial charge on any atom is -0.486 e. The number of aromatic nitrogens is 2. The van der Waals surface area contributed by atoms with E-state index in [0.29, 0.717) is 19.7 Å². The molecule has 7 heteroatoms. The molecule has 2 amide bonds. The Hall–Kier alpha value is -2.70. The van der Waals surface area contributed by atoms with Crippen LogP contribution in [0, 0.1) is 0 Å². The van der Waals surface area contributed by atoms with Crippen LogP contribution < -0.4 is 14.8 Å². The predicted molar refractivity (Wildman–Crippen MR) is 101 cm³/mol. The molecule has 2 aliphatic rings. The van der Waals surface area contributed by atoms with E-state index in [1.165, 1.54) is 5.69 Å². The van der Waals surface area contributed by atoms with E-state index in [2.05, 4.69) is 10.4 Å². The van der Waals surface area contributed by atoms with Crippen LogP contribution >= 0.6 is 0 Å². The van der Waals surface area contributed by atoms with Crippen molar-refractivity contribution >= 4 is 6.03 Å². The van der Waals surface area contributed by atoms with Crippen LogP contribution in [0.25, 0.3) is 0 Å². The summed E-state index contributed by atoms with van der Waals surface area (Å²) in [4.78, 5) is 14.7. The van der Waals surface area contributed by atoms with Crippen LogP contribution in [0.5, 0.6) is 11.5 Å². The van der Waals surface area contributed by atoms with Crippen LogP contribution in [0.15, 0.2) is 30.5 Å². The highest BCUT2D eigenvalue weighted by atomic mass is 16.6. The Morgan fingerprint density at radius 3 is 3.00 bits per heavy atom. The van der Waals surface area contributed by atoms with Crippen molar-refractivity contribution in [2.24, 2.45) is 7.05 Å². The van der Waals surface area contributed by atoms with Gasteiger partial charge in [0.15, 0.2) is 17.6 Å². The molecule has 1 N–H and O–H groups in total. The van der Waals surface area contributed by atoms with Gasteiger partial charge in [-0.05, 0) is 38.3 Å². The maximum absolute atomic E-state index is 12.9. The summed E-state index contributed by atoms with van der Waals surface area (Å²) in [6.45, 7) is 3.52. The van der Waals surface area contributed by atoms with Gasteiger partial charge in [0.2, 0.25) is 0 Å². The van der Waals surface area contributed by atoms with Crippen LogP contribution in [0.3, 0.4) is 0 Å². The molecule has 1 aromatic heterocycles. The number of nitrogens with zero attached hydrogens (tertiary/aromatic N) is 3. The van der Waals surface area contributed by atoms with Crippen LogP contribution in [-0.2, 0) is 13.5 Å². The molecule has 144 valence electrons. The molecule has 0 radical (unpaired) electrons. The third-order valence-corrected chi connectivity index (χ3v) is 5.33. The first kappa shape index (κ1) is 17.7. The Balaban J connectivity index is 1.39. The van der Waals surface area contributed by atoms with Crippen molar-refractivity contribution in [3.05, 3.63) is 41.7 Å². The van der Waals surface area contributed by atoms with Gasteiger partial charge < -0.3 is 19.7 Å². The highest BCUT2D eigenvalue weighted by molar-refractivity contribution is 5.74. The van der Waals surface area contributed by atoms with Gasteiger partial charge in [-0.25, -0.2) is 4.79 Å². The molecule has 0 saturated carbocycles. The fourth-order valence-corrected chi connectivity index (χ4v) is 3.85. The summed E-state index contributed by atoms with van der Waals surface area (Å²) >= 11 is 0. The maximum atomic E-state index is 12.9. The number of hydrogen-bond donors (Lipinski definition) is 1. The molecule has 0 spiro atoms. The Morgan fingerprint density at radius 2 is 2.19 bits per heavy atom. The normalized spacial score (nSPS) is 20.7. The van der Waals surface area contributed by atoms with Crippen LogP contribution in [0.1, 0.15) is 37.1 Å². The van der Waals surface area contributed by atoms with Crippen molar-refractivity contribution in [1.29, 1.82) is 0 Å². The lowest BCUT2D eigenvalue weighted by Gasteiger charge is -2.32. The molecule has 0 unspecified atom stereocenters. The highest BCUT2D eigenvalue weighted by Gasteiger charge is 2.28. The average Bonchev–Trinajstić information content (AvgIpc) is 3.08. The van der Waals surface area contributed by atoms with Gasteiger partial charge in [0, 0.05) is 24.8 Å². The van der Waals surface area contributed by atoms with Crippen molar-refractivity contribution in [2.45, 2.75) is 38.3 Å². The van der Waals surface area contributed by atoms with E-state index < -0.39 is 0 Å². The van der Waals surface area contributed by atoms with Gasteiger partial charge in [-0.1, -0.05) is 12.1 Å². The predicted octanol–water partition coefficient (Wildman–Crippen LogP) is 2.67. The Labute approximate surface area is 159 Å². The van der Waals surface area contributed by atoms with Gasteiger partial charge >= 0.3 is 6.03 Å². The molecule has 1 aromatic carbocycles. The number of benzene rings is 1. The lowest BCUT2D eigenvalue weighted by atomic mass is 9.93. The molecule has 1 aliphatic heterocycles. The van der Waals surface area contributed by atoms with Crippen LogP contribution in [0.2, 0.25) is 0 Å². The van der Waals surface area contributed by atoms with E-state index in [0.717, 1.165) is 36.3 Å². The summed E-state index contributed by atoms with van der Waals surface area (Å²) < 4.78 is 13.7. The summed E-state index contributed by atoms with van der Waals surface area (Å²) in [6.07, 6.45) is 4.72. The second-order valence-electron chi connectivity index (χ2n) is 7.10. The first-order valence-corrected chi connectivity index (χ1v) is 9.60. The van der Waals surface area contributed by atoms with Gasteiger partial charge in [0.05, 0.1) is 18.8 Å². The summed E-state index contributed by atoms with van der Waals surface area (Å²) in [5, 5.41) is 7.54. The lowest BCUT2D eigenvalue weighted by Crippen LogP contribution is -2.48. The number of aryl methyl sites for hydroxylation is 1. The topological polar surface area (TPSA) is 68.6 Å². The fraction of sp³-hybridized carbons (Fsp3) is 0.500. The average molecular weight is 370 g/mol. The smallest absolute Gasteiger partial charge is 0.318 e. The van der Waals surface area contributed by atoms with Gasteiger partial charge in [-0.3, -0.25) is 4.68 Å². The summed E-state index contributed by atoms with van der Waals surface area (Å²) in [7, 11) is 1.96. The number of carbonyl (C=O) groups is 1. The van der Waals surface area contributed by atoms with Gasteiger partial charge in [-0.2, -0.15) is 5.10 Å². The number of rotatable bonds is 4. The molecule has 0 bridgehead atoms. The maximum Gasteiger partial charge on any atom is 0.318 e. The summed E-state index contributed by atoms with van der Waals surface area (Å²) in [5.74, 6) is 1.49. The molecule has 27 heavy (non-hydrogen) atoms. The zero-order valence-corrected chi connectivity index (χ0v) is 15.9. The van der Waals surface area contributed by atoms with E-state index in [-0.39, 0.29) is 18.2 Å². The standard InChI is InChI=1S/C20H26N4O3/c1-3-24(12-14-13-26-18-9-4-5-10-19(18)27-14)20(25)22-16-7-6-8-17-15(16)11-21-23(17)2/h4-5,9-11,14,16H,3,6-8,12-13H2,1-2H3,(H,22,25)/t14-,16-/m0/s1. The van der Waals surface area contributed by atoms with Gasteiger partial charge in [-0.15, -0.1) is 0 Å². The minimum absolute atomic E-state index is 0.0215. The number of ether oxygens (including phenoxy) is 2. The van der Waals surface area contributed by atoms with E-state index in [9.17, 15) is 4.79 Å². The second kappa shape index (κ2) is 7.50. The molecule has 4 rings (SSSR count). The van der Waals surface area contributed by atoms with Gasteiger partial charge in [0.1, 0.15) is 6.61 Å². The largest absolute Gasteiger partial charge is 0.486 e. The van der Waals surface area contributed by atoms with Crippen molar-refractivity contribution in [3.8, 4) is 11.5 Å². The molecule has 7 nitrogen and oxygen atoms in total. The fourth-order valence-electron chi connectivity index (χ4n) is 3.85. The van der Waals surface area contributed by atoms with E-state index in [4.69, 9.17) is 9.47 Å². The number of amides is 2. The lowest BCUT2D eigenvalue weighted by molar-refractivity contribution is 0.0670. The quantitative estimate of drug-likeness (QED) is 0.898. The summed E-state index contributed by atoms with van der Waals surface area (Å²) in [6, 6.07) is 7.58. The number of nitrogens with one attached hydrogen (secondary N) is 1. The molecule has 0 saturated heterocycles. The van der Waals surface area contributed by atoms with Gasteiger partial charge in [0.25, 0.3) is 0 Å². The van der Waals surface area contributed by atoms with Crippen LogP contribution in [-0.4, -0.2) is 46.5 Å². The van der Waals surface area contributed by atoms with E-state index >= 15 is 0 Å². The third-order valence-electron chi connectivity index (χ3n) is 5.33. The Kier molecular flexibility index (Phi) is 4.92. The van der Waals surface area contributed by atoms with Crippen LogP contribution in [0.4, 0.5) is 4.79 Å². The minimum atomic E-state index is -0.175. The van der Waals surface area contributed by atoms with Crippen molar-refractivity contribution in [3.63, 3.8) is 0 Å². The first-order valence-electron chi connectivity index (χ1n) is 9.60. The zero-order valence-electron chi connectivity index (χ0n) is 15.9. The molecule has 2 heterocycles. The number of fused-ring (bicyclic) bond motifs is 2. The number of carbonyl (C=O) groups excluding carboxylic acids is 1. The number of urea groups is 1. The number of likely N-dealkylation sites (N-methyl/N-ethyl adjacent to an activating group) is 1. The Bertz CT molecular complexity index is 819. The van der Waals surface area contributed by atoms with Crippen molar-refractivity contribution in [1.82, 2.24) is 20.0 Å². The molecule has 2 aromatic rings. The third kappa shape index (κ3) is 3.59. The van der Waals surface area contributed by atoms with Crippen molar-refractivity contribution in [2.75, 3.05) is 19.7 Å².